The molecule has 3 rings (SSSR count). The summed E-state index contributed by atoms with van der Waals surface area (Å²) in [4.78, 5) is 23.2. The van der Waals surface area contributed by atoms with E-state index in [0.717, 1.165) is 5.57 Å². The minimum Gasteiger partial charge on any atom is -0.430 e. The zero-order valence-electron chi connectivity index (χ0n) is 13.5. The quantitative estimate of drug-likeness (QED) is 0.612. The Bertz CT molecular complexity index is 640. The Kier molecular flexibility index (Phi) is 4.65. The van der Waals surface area contributed by atoms with E-state index in [9.17, 15) is 14.7 Å². The van der Waals surface area contributed by atoms with E-state index in [1.165, 1.54) is 13.8 Å². The van der Waals surface area contributed by atoms with Crippen LogP contribution in [0.4, 0.5) is 0 Å². The van der Waals surface area contributed by atoms with Crippen molar-refractivity contribution in [3.8, 4) is 0 Å². The van der Waals surface area contributed by atoms with Crippen LogP contribution in [0.2, 0.25) is 0 Å². The predicted octanol–water partition coefficient (Wildman–Crippen LogP) is 2.75. The lowest BCUT2D eigenvalue weighted by atomic mass is 9.72. The lowest BCUT2D eigenvalue weighted by Gasteiger charge is -2.39. The average molecular weight is 351 g/mol. The van der Waals surface area contributed by atoms with Crippen molar-refractivity contribution in [3.63, 3.8) is 0 Å². The molecular weight excluding hydrogens is 332 g/mol. The zero-order chi connectivity index (χ0) is 17.4. The molecule has 6 heteroatoms. The van der Waals surface area contributed by atoms with Gasteiger partial charge in [-0.2, -0.15) is 0 Å². The van der Waals surface area contributed by atoms with Crippen LogP contribution in [0.5, 0.6) is 0 Å². The molecule has 0 aromatic rings. The molecule has 0 heterocycles. The van der Waals surface area contributed by atoms with Crippen molar-refractivity contribution in [1.29, 1.82) is 0 Å². The maximum atomic E-state index is 11.6. The van der Waals surface area contributed by atoms with E-state index >= 15 is 0 Å². The highest BCUT2D eigenvalue weighted by atomic mass is 35.5. The van der Waals surface area contributed by atoms with Crippen molar-refractivity contribution in [3.05, 3.63) is 47.0 Å². The van der Waals surface area contributed by atoms with Gasteiger partial charge in [-0.3, -0.25) is 9.59 Å². The molecule has 0 radical (unpaired) electrons. The van der Waals surface area contributed by atoms with Crippen LogP contribution in [-0.4, -0.2) is 28.5 Å². The molecule has 4 atom stereocenters. The third-order valence-corrected chi connectivity index (χ3v) is 4.88. The van der Waals surface area contributed by atoms with Gasteiger partial charge in [0.25, 0.3) is 0 Å². The summed E-state index contributed by atoms with van der Waals surface area (Å²) in [5.74, 6) is -0.251. The largest absolute Gasteiger partial charge is 0.430 e. The Hall–Kier alpha value is -1.85. The summed E-state index contributed by atoms with van der Waals surface area (Å²) in [5, 5.41) is 9.68. The van der Waals surface area contributed by atoms with Gasteiger partial charge in [-0.15, -0.1) is 11.6 Å². The SMILES string of the molecule is CC(=O)OC1=C2C[C@@H](O)[C@H](Cl)CC2=C(OC(C)=O)C2C=CC=CC12. The Balaban J connectivity index is 2.16. The van der Waals surface area contributed by atoms with Crippen LogP contribution in [-0.2, 0) is 19.1 Å². The van der Waals surface area contributed by atoms with E-state index in [0.29, 0.717) is 23.5 Å². The fourth-order valence-corrected chi connectivity index (χ4v) is 3.74. The molecule has 5 nitrogen and oxygen atoms in total. The van der Waals surface area contributed by atoms with Gasteiger partial charge in [-0.1, -0.05) is 24.3 Å². The molecule has 0 aromatic heterocycles. The number of aliphatic hydroxyl groups is 1. The fraction of sp³-hybridized carbons (Fsp3) is 0.444. The highest BCUT2D eigenvalue weighted by Gasteiger charge is 2.43. The maximum Gasteiger partial charge on any atom is 0.307 e. The van der Waals surface area contributed by atoms with Crippen LogP contribution in [0.25, 0.3) is 0 Å². The highest BCUT2D eigenvalue weighted by molar-refractivity contribution is 6.21. The van der Waals surface area contributed by atoms with Crippen molar-refractivity contribution in [2.75, 3.05) is 0 Å². The number of fused-ring (bicyclic) bond motifs is 2. The van der Waals surface area contributed by atoms with E-state index in [-0.39, 0.29) is 18.3 Å². The molecule has 2 unspecified atom stereocenters. The predicted molar refractivity (Wildman–Crippen MR) is 87.7 cm³/mol. The molecule has 0 saturated heterocycles. The molecule has 128 valence electrons. The van der Waals surface area contributed by atoms with Gasteiger partial charge in [0, 0.05) is 37.7 Å². The summed E-state index contributed by atoms with van der Waals surface area (Å²) in [6, 6.07) is 0. The highest BCUT2D eigenvalue weighted by Crippen LogP contribution is 2.48. The second kappa shape index (κ2) is 6.57. The summed E-state index contributed by atoms with van der Waals surface area (Å²) >= 11 is 6.23. The summed E-state index contributed by atoms with van der Waals surface area (Å²) in [6.07, 6.45) is 7.45. The smallest absolute Gasteiger partial charge is 0.307 e. The number of rotatable bonds is 2. The van der Waals surface area contributed by atoms with E-state index in [2.05, 4.69) is 0 Å². The molecule has 0 bridgehead atoms. The number of aliphatic hydroxyl groups excluding tert-OH is 1. The number of carbonyl (C=O) groups excluding carboxylic acids is 2. The first kappa shape index (κ1) is 17.0. The standard InChI is InChI=1S/C18H19ClO5/c1-9(20)23-17-11-5-3-4-6-12(11)18(24-10(2)21)14-8-16(22)15(19)7-13(14)17/h3-6,11-12,15-16,22H,7-8H2,1-2H3/t11?,12?,15-,16-/m1/s1. The second-order valence-corrected chi connectivity index (χ2v) is 6.75. The number of carbonyl (C=O) groups is 2. The van der Waals surface area contributed by atoms with E-state index in [1.54, 1.807) is 0 Å². The maximum absolute atomic E-state index is 11.6. The van der Waals surface area contributed by atoms with E-state index in [4.69, 9.17) is 21.1 Å². The van der Waals surface area contributed by atoms with Gasteiger partial charge in [0.15, 0.2) is 0 Å². The van der Waals surface area contributed by atoms with Crippen LogP contribution in [0.3, 0.4) is 0 Å². The Labute approximate surface area is 145 Å². The summed E-state index contributed by atoms with van der Waals surface area (Å²) in [5.41, 5.74) is 1.47. The molecule has 3 aliphatic rings. The van der Waals surface area contributed by atoms with Crippen LogP contribution in [0.1, 0.15) is 26.7 Å². The number of allylic oxidation sites excluding steroid dienone is 5. The second-order valence-electron chi connectivity index (χ2n) is 6.19. The number of hydrogen-bond acceptors (Lipinski definition) is 5. The van der Waals surface area contributed by atoms with Gasteiger partial charge < -0.3 is 14.6 Å². The van der Waals surface area contributed by atoms with Crippen molar-refractivity contribution >= 4 is 23.5 Å². The molecule has 3 aliphatic carbocycles. The van der Waals surface area contributed by atoms with Crippen LogP contribution < -0.4 is 0 Å². The summed E-state index contributed by atoms with van der Waals surface area (Å²) < 4.78 is 11.0. The van der Waals surface area contributed by atoms with Crippen molar-refractivity contribution < 1.29 is 24.2 Å². The lowest BCUT2D eigenvalue weighted by Crippen LogP contribution is -2.36. The first-order valence-electron chi connectivity index (χ1n) is 7.89. The number of alkyl halides is 1. The normalized spacial score (nSPS) is 31.5. The minimum atomic E-state index is -0.741. The Morgan fingerprint density at radius 3 is 1.92 bits per heavy atom. The van der Waals surface area contributed by atoms with Gasteiger partial charge in [0.2, 0.25) is 0 Å². The Morgan fingerprint density at radius 1 is 1.00 bits per heavy atom. The molecular formula is C18H19ClO5. The van der Waals surface area contributed by atoms with E-state index in [1.807, 2.05) is 24.3 Å². The van der Waals surface area contributed by atoms with Crippen LogP contribution in [0.15, 0.2) is 47.0 Å². The molecule has 0 aromatic carbocycles. The van der Waals surface area contributed by atoms with Crippen molar-refractivity contribution in [2.24, 2.45) is 11.8 Å². The lowest BCUT2D eigenvalue weighted by molar-refractivity contribution is -0.140. The first-order valence-corrected chi connectivity index (χ1v) is 8.32. The third kappa shape index (κ3) is 3.06. The van der Waals surface area contributed by atoms with Crippen LogP contribution >= 0.6 is 11.6 Å². The van der Waals surface area contributed by atoms with Gasteiger partial charge in [-0.05, 0) is 12.0 Å². The third-order valence-electron chi connectivity index (χ3n) is 4.44. The van der Waals surface area contributed by atoms with Crippen molar-refractivity contribution in [2.45, 2.75) is 38.2 Å². The summed E-state index contributed by atoms with van der Waals surface area (Å²) in [6.45, 7) is 2.70. The van der Waals surface area contributed by atoms with Crippen molar-refractivity contribution in [1.82, 2.24) is 0 Å². The number of halogens is 1. The average Bonchev–Trinajstić information content (AvgIpc) is 2.52. The number of esters is 2. The van der Waals surface area contributed by atoms with Gasteiger partial charge in [0.1, 0.15) is 11.5 Å². The topological polar surface area (TPSA) is 72.8 Å². The molecule has 1 N–H and O–H groups in total. The molecule has 0 aliphatic heterocycles. The Morgan fingerprint density at radius 2 is 1.46 bits per heavy atom. The van der Waals surface area contributed by atoms with Gasteiger partial charge in [0.05, 0.1) is 11.5 Å². The fourth-order valence-electron chi connectivity index (χ4n) is 3.49. The van der Waals surface area contributed by atoms with Gasteiger partial charge in [-0.25, -0.2) is 0 Å². The molecule has 1 saturated carbocycles. The number of hydrogen-bond donors (Lipinski definition) is 1. The molecule has 0 amide bonds. The minimum absolute atomic E-state index is 0.230. The monoisotopic (exact) mass is 350 g/mol. The van der Waals surface area contributed by atoms with E-state index < -0.39 is 23.4 Å². The molecule has 1 fully saturated rings. The summed E-state index contributed by atoms with van der Waals surface area (Å²) in [7, 11) is 0. The zero-order valence-corrected chi connectivity index (χ0v) is 14.2. The molecule has 24 heavy (non-hydrogen) atoms. The van der Waals surface area contributed by atoms with Crippen LogP contribution in [0, 0.1) is 11.8 Å². The van der Waals surface area contributed by atoms with Gasteiger partial charge >= 0.3 is 11.9 Å². The molecule has 0 spiro atoms. The number of ether oxygens (including phenoxy) is 2. The first-order chi connectivity index (χ1) is 11.4.